The first-order valence-corrected chi connectivity index (χ1v) is 6.81. The fraction of sp³-hybridized carbons (Fsp3) is 0.600. The van der Waals surface area contributed by atoms with Crippen LogP contribution in [0.4, 0.5) is 5.69 Å². The minimum Gasteiger partial charge on any atom is -0.383 e. The van der Waals surface area contributed by atoms with E-state index >= 15 is 0 Å². The molecular weight excluding hydrogens is 224 g/mol. The summed E-state index contributed by atoms with van der Waals surface area (Å²) in [5.41, 5.74) is 8.19. The molecule has 1 aromatic carbocycles. The second kappa shape index (κ2) is 6.21. The molecule has 0 spiro atoms. The molecule has 1 aliphatic carbocycles. The van der Waals surface area contributed by atoms with Crippen LogP contribution in [-0.2, 0) is 11.3 Å². The molecule has 1 aromatic rings. The summed E-state index contributed by atoms with van der Waals surface area (Å²) in [6.45, 7) is 4.64. The topological polar surface area (TPSA) is 38.5 Å². The highest BCUT2D eigenvalue weighted by molar-refractivity contribution is 5.49. The Morgan fingerprint density at radius 3 is 2.83 bits per heavy atom. The number of nitrogens with two attached hydrogens (primary N) is 1. The molecule has 1 saturated carbocycles. The van der Waals surface area contributed by atoms with E-state index in [9.17, 15) is 0 Å². The number of methoxy groups -OCH3 is 1. The van der Waals surface area contributed by atoms with Gasteiger partial charge in [-0.3, -0.25) is 0 Å². The Bertz CT molecular complexity index is 377. The zero-order chi connectivity index (χ0) is 13.0. The van der Waals surface area contributed by atoms with Gasteiger partial charge in [0, 0.05) is 31.9 Å². The maximum Gasteiger partial charge on any atom is 0.0637 e. The molecule has 1 aliphatic rings. The van der Waals surface area contributed by atoms with Gasteiger partial charge >= 0.3 is 0 Å². The number of nitrogens with zero attached hydrogens (tertiary/aromatic N) is 1. The molecular formula is C15H24N2O. The van der Waals surface area contributed by atoms with E-state index in [1.165, 1.54) is 24.1 Å². The minimum atomic E-state index is 0.591. The molecule has 3 heteroatoms. The van der Waals surface area contributed by atoms with Gasteiger partial charge < -0.3 is 15.4 Å². The number of hydrogen-bond donors (Lipinski definition) is 1. The van der Waals surface area contributed by atoms with Gasteiger partial charge in [-0.15, -0.1) is 0 Å². The molecule has 18 heavy (non-hydrogen) atoms. The van der Waals surface area contributed by atoms with E-state index in [0.29, 0.717) is 12.6 Å². The SMILES string of the molecule is COCCN(c1cccc(CN)c1)C(C)C1CC1. The molecule has 0 amide bonds. The lowest BCUT2D eigenvalue weighted by molar-refractivity contribution is 0.202. The van der Waals surface area contributed by atoms with Crippen LogP contribution < -0.4 is 10.6 Å². The summed E-state index contributed by atoms with van der Waals surface area (Å²) in [5.74, 6) is 0.850. The van der Waals surface area contributed by atoms with E-state index in [-0.39, 0.29) is 0 Å². The van der Waals surface area contributed by atoms with Crippen LogP contribution in [0.3, 0.4) is 0 Å². The Morgan fingerprint density at radius 1 is 1.44 bits per heavy atom. The van der Waals surface area contributed by atoms with Crippen molar-refractivity contribution in [2.75, 3.05) is 25.2 Å². The van der Waals surface area contributed by atoms with Crippen molar-refractivity contribution in [1.29, 1.82) is 0 Å². The van der Waals surface area contributed by atoms with E-state index in [1.807, 2.05) is 0 Å². The van der Waals surface area contributed by atoms with Crippen molar-refractivity contribution in [3.05, 3.63) is 29.8 Å². The summed E-state index contributed by atoms with van der Waals surface area (Å²) >= 11 is 0. The van der Waals surface area contributed by atoms with Crippen molar-refractivity contribution in [1.82, 2.24) is 0 Å². The third-order valence-electron chi connectivity index (χ3n) is 3.81. The van der Waals surface area contributed by atoms with Gasteiger partial charge in [0.15, 0.2) is 0 Å². The Kier molecular flexibility index (Phi) is 4.61. The summed E-state index contributed by atoms with van der Waals surface area (Å²) in [6, 6.07) is 9.15. The van der Waals surface area contributed by atoms with Crippen molar-refractivity contribution in [2.24, 2.45) is 11.7 Å². The lowest BCUT2D eigenvalue weighted by atomic mass is 10.1. The molecule has 2 N–H and O–H groups in total. The largest absolute Gasteiger partial charge is 0.383 e. The van der Waals surface area contributed by atoms with Gasteiger partial charge in [-0.05, 0) is 43.4 Å². The normalized spacial score (nSPS) is 16.6. The maximum absolute atomic E-state index is 5.72. The number of hydrogen-bond acceptors (Lipinski definition) is 3. The summed E-state index contributed by atoms with van der Waals surface area (Å²) < 4.78 is 5.23. The average Bonchev–Trinajstić information content (AvgIpc) is 3.23. The zero-order valence-electron chi connectivity index (χ0n) is 11.4. The minimum absolute atomic E-state index is 0.591. The predicted octanol–water partition coefficient (Wildman–Crippen LogP) is 2.40. The van der Waals surface area contributed by atoms with Crippen LogP contribution in [0.25, 0.3) is 0 Å². The standard InChI is InChI=1S/C15H24N2O/c1-12(14-6-7-14)17(8-9-18-2)15-5-3-4-13(10-15)11-16/h3-5,10,12,14H,6-9,11,16H2,1-2H3. The number of rotatable bonds is 7. The highest BCUT2D eigenvalue weighted by Gasteiger charge is 2.32. The quantitative estimate of drug-likeness (QED) is 0.805. The van der Waals surface area contributed by atoms with E-state index in [0.717, 1.165) is 19.1 Å². The number of benzene rings is 1. The Hall–Kier alpha value is -1.06. The molecule has 1 unspecified atom stereocenters. The maximum atomic E-state index is 5.72. The van der Waals surface area contributed by atoms with E-state index in [1.54, 1.807) is 7.11 Å². The van der Waals surface area contributed by atoms with Crippen molar-refractivity contribution < 1.29 is 4.74 Å². The second-order valence-electron chi connectivity index (χ2n) is 5.14. The molecule has 0 bridgehead atoms. The number of ether oxygens (including phenoxy) is 1. The lowest BCUT2D eigenvalue weighted by Gasteiger charge is -2.31. The summed E-state index contributed by atoms with van der Waals surface area (Å²) in [5, 5.41) is 0. The van der Waals surface area contributed by atoms with E-state index in [4.69, 9.17) is 10.5 Å². The summed E-state index contributed by atoms with van der Waals surface area (Å²) in [7, 11) is 1.76. The highest BCUT2D eigenvalue weighted by Crippen LogP contribution is 2.36. The van der Waals surface area contributed by atoms with Gasteiger partial charge in [0.2, 0.25) is 0 Å². The molecule has 100 valence electrons. The molecule has 2 rings (SSSR count). The first-order chi connectivity index (χ1) is 8.76. The first-order valence-electron chi connectivity index (χ1n) is 6.81. The molecule has 0 aromatic heterocycles. The van der Waals surface area contributed by atoms with Gasteiger partial charge in [0.05, 0.1) is 6.61 Å². The third-order valence-corrected chi connectivity index (χ3v) is 3.81. The average molecular weight is 248 g/mol. The van der Waals surface area contributed by atoms with Crippen molar-refractivity contribution in [3.63, 3.8) is 0 Å². The van der Waals surface area contributed by atoms with Crippen molar-refractivity contribution >= 4 is 5.69 Å². The van der Waals surface area contributed by atoms with Crippen LogP contribution in [-0.4, -0.2) is 26.3 Å². The Morgan fingerprint density at radius 2 is 2.22 bits per heavy atom. The molecule has 1 atom stereocenters. The molecule has 0 aliphatic heterocycles. The van der Waals surface area contributed by atoms with Gasteiger partial charge in [-0.1, -0.05) is 12.1 Å². The zero-order valence-corrected chi connectivity index (χ0v) is 11.4. The van der Waals surface area contributed by atoms with Crippen LogP contribution in [0.2, 0.25) is 0 Å². The second-order valence-corrected chi connectivity index (χ2v) is 5.14. The third kappa shape index (κ3) is 3.24. The Labute approximate surface area is 110 Å². The van der Waals surface area contributed by atoms with Gasteiger partial charge in [-0.2, -0.15) is 0 Å². The van der Waals surface area contributed by atoms with Crippen molar-refractivity contribution in [2.45, 2.75) is 32.4 Å². The first kappa shape index (κ1) is 13.4. The van der Waals surface area contributed by atoms with E-state index in [2.05, 4.69) is 36.1 Å². The summed E-state index contributed by atoms with van der Waals surface area (Å²) in [4.78, 5) is 2.46. The molecule has 0 radical (unpaired) electrons. The molecule has 1 fully saturated rings. The molecule has 0 saturated heterocycles. The van der Waals surface area contributed by atoms with Gasteiger partial charge in [-0.25, -0.2) is 0 Å². The smallest absolute Gasteiger partial charge is 0.0637 e. The monoisotopic (exact) mass is 248 g/mol. The Balaban J connectivity index is 2.14. The van der Waals surface area contributed by atoms with Gasteiger partial charge in [0.25, 0.3) is 0 Å². The predicted molar refractivity (Wildman–Crippen MR) is 75.7 cm³/mol. The fourth-order valence-corrected chi connectivity index (χ4v) is 2.45. The number of anilines is 1. The van der Waals surface area contributed by atoms with Gasteiger partial charge in [0.1, 0.15) is 0 Å². The molecule has 0 heterocycles. The lowest BCUT2D eigenvalue weighted by Crippen LogP contribution is -2.37. The fourth-order valence-electron chi connectivity index (χ4n) is 2.45. The molecule has 3 nitrogen and oxygen atoms in total. The highest BCUT2D eigenvalue weighted by atomic mass is 16.5. The van der Waals surface area contributed by atoms with Crippen molar-refractivity contribution in [3.8, 4) is 0 Å². The van der Waals surface area contributed by atoms with E-state index < -0.39 is 0 Å². The van der Waals surface area contributed by atoms with Crippen LogP contribution in [0.1, 0.15) is 25.3 Å². The van der Waals surface area contributed by atoms with Crippen LogP contribution in [0.15, 0.2) is 24.3 Å². The summed E-state index contributed by atoms with van der Waals surface area (Å²) in [6.07, 6.45) is 2.72. The van der Waals surface area contributed by atoms with Crippen LogP contribution >= 0.6 is 0 Å². The van der Waals surface area contributed by atoms with Crippen LogP contribution in [0.5, 0.6) is 0 Å². The van der Waals surface area contributed by atoms with Crippen LogP contribution in [0, 0.1) is 5.92 Å².